The highest BCUT2D eigenvalue weighted by Crippen LogP contribution is 2.31. The Balaban J connectivity index is 1.89. The molecule has 0 N–H and O–H groups in total. The molecule has 4 nitrogen and oxygen atoms in total. The van der Waals surface area contributed by atoms with Gasteiger partial charge in [-0.3, -0.25) is 4.79 Å². The fraction of sp³-hybridized carbons (Fsp3) is 0.467. The van der Waals surface area contributed by atoms with Gasteiger partial charge in [0.1, 0.15) is 11.5 Å². The fourth-order valence-corrected chi connectivity index (χ4v) is 3.42. The van der Waals surface area contributed by atoms with Crippen molar-refractivity contribution in [3.05, 3.63) is 39.9 Å². The molecule has 0 aliphatic carbocycles. The second-order valence-corrected chi connectivity index (χ2v) is 6.15. The van der Waals surface area contributed by atoms with Crippen molar-refractivity contribution < 1.29 is 9.32 Å². The van der Waals surface area contributed by atoms with Gasteiger partial charge in [0.2, 0.25) is 0 Å². The Morgan fingerprint density at radius 3 is 3.05 bits per heavy atom. The summed E-state index contributed by atoms with van der Waals surface area (Å²) >= 11 is 1.50. The number of carbonyl (C=O) groups excluding carboxylic acids is 1. The number of rotatable bonds is 2. The molecule has 1 fully saturated rings. The number of aryl methyl sites for hydroxylation is 1. The molecule has 1 saturated heterocycles. The monoisotopic (exact) mass is 290 g/mol. The Morgan fingerprint density at radius 1 is 1.45 bits per heavy atom. The molecule has 5 heteroatoms. The molecule has 1 amide bonds. The fourth-order valence-electron chi connectivity index (χ4n) is 2.74. The van der Waals surface area contributed by atoms with Crippen molar-refractivity contribution in [2.75, 3.05) is 6.54 Å². The molecular formula is C15H18N2O2S. The first-order chi connectivity index (χ1) is 9.75. The maximum absolute atomic E-state index is 12.7. The normalized spacial score (nSPS) is 19.9. The second-order valence-electron chi connectivity index (χ2n) is 5.20. The summed E-state index contributed by atoms with van der Waals surface area (Å²) in [4.78, 5) is 15.5. The van der Waals surface area contributed by atoms with Crippen LogP contribution in [-0.2, 0) is 0 Å². The van der Waals surface area contributed by atoms with E-state index in [1.807, 2.05) is 35.4 Å². The van der Waals surface area contributed by atoms with Crippen LogP contribution in [0.2, 0.25) is 0 Å². The summed E-state index contributed by atoms with van der Waals surface area (Å²) in [6.45, 7) is 2.69. The Morgan fingerprint density at radius 2 is 2.35 bits per heavy atom. The number of carbonyl (C=O) groups is 1. The zero-order valence-corrected chi connectivity index (χ0v) is 12.4. The molecule has 0 aromatic carbocycles. The molecule has 0 unspecified atom stereocenters. The van der Waals surface area contributed by atoms with E-state index in [1.165, 1.54) is 17.8 Å². The first kappa shape index (κ1) is 13.4. The molecule has 0 saturated carbocycles. The third kappa shape index (κ3) is 2.63. The number of nitrogens with zero attached hydrogens (tertiary/aromatic N) is 2. The van der Waals surface area contributed by atoms with Crippen LogP contribution >= 0.6 is 11.3 Å². The molecule has 0 bridgehead atoms. The third-order valence-electron chi connectivity index (χ3n) is 3.73. The molecular weight excluding hydrogens is 272 g/mol. The predicted molar refractivity (Wildman–Crippen MR) is 77.8 cm³/mol. The van der Waals surface area contributed by atoms with Crippen LogP contribution in [0, 0.1) is 6.92 Å². The average molecular weight is 290 g/mol. The number of amides is 1. The van der Waals surface area contributed by atoms with Gasteiger partial charge in [-0.1, -0.05) is 24.1 Å². The van der Waals surface area contributed by atoms with Gasteiger partial charge in [0, 0.05) is 12.6 Å². The zero-order chi connectivity index (χ0) is 13.9. The van der Waals surface area contributed by atoms with Crippen LogP contribution in [0.1, 0.15) is 52.9 Å². The molecule has 0 radical (unpaired) electrons. The van der Waals surface area contributed by atoms with E-state index >= 15 is 0 Å². The van der Waals surface area contributed by atoms with Gasteiger partial charge in [-0.2, -0.15) is 0 Å². The lowest BCUT2D eigenvalue weighted by Gasteiger charge is -2.28. The first-order valence-corrected chi connectivity index (χ1v) is 7.91. The van der Waals surface area contributed by atoms with Crippen molar-refractivity contribution in [1.82, 2.24) is 10.1 Å². The van der Waals surface area contributed by atoms with Gasteiger partial charge in [0.05, 0.1) is 10.9 Å². The Labute approximate surface area is 122 Å². The van der Waals surface area contributed by atoms with Crippen LogP contribution < -0.4 is 0 Å². The summed E-state index contributed by atoms with van der Waals surface area (Å²) < 4.78 is 5.19. The smallest absolute Gasteiger partial charge is 0.264 e. The zero-order valence-electron chi connectivity index (χ0n) is 11.5. The molecule has 106 valence electrons. The molecule has 3 rings (SSSR count). The number of hydrogen-bond donors (Lipinski definition) is 0. The maximum atomic E-state index is 12.7. The van der Waals surface area contributed by atoms with E-state index in [9.17, 15) is 4.79 Å². The predicted octanol–water partition coefficient (Wildman–Crippen LogP) is 3.80. The van der Waals surface area contributed by atoms with Crippen molar-refractivity contribution in [3.63, 3.8) is 0 Å². The SMILES string of the molecule is Cc1cc([C@H]2CCCCCN2C(=O)c2cccs2)no1. The van der Waals surface area contributed by atoms with Crippen molar-refractivity contribution in [3.8, 4) is 0 Å². The Kier molecular flexibility index (Phi) is 3.87. The minimum Gasteiger partial charge on any atom is -0.361 e. The topological polar surface area (TPSA) is 46.3 Å². The van der Waals surface area contributed by atoms with Crippen LogP contribution in [0.25, 0.3) is 0 Å². The molecule has 1 atom stereocenters. The highest BCUT2D eigenvalue weighted by molar-refractivity contribution is 7.12. The largest absolute Gasteiger partial charge is 0.361 e. The summed E-state index contributed by atoms with van der Waals surface area (Å²) in [5, 5.41) is 6.07. The van der Waals surface area contributed by atoms with Gasteiger partial charge in [-0.05, 0) is 31.2 Å². The first-order valence-electron chi connectivity index (χ1n) is 7.03. The molecule has 0 spiro atoms. The van der Waals surface area contributed by atoms with Crippen molar-refractivity contribution in [2.45, 2.75) is 38.6 Å². The van der Waals surface area contributed by atoms with E-state index in [2.05, 4.69) is 5.16 Å². The van der Waals surface area contributed by atoms with Crippen molar-refractivity contribution >= 4 is 17.2 Å². The lowest BCUT2D eigenvalue weighted by molar-refractivity contribution is 0.0679. The molecule has 1 aliphatic heterocycles. The van der Waals surface area contributed by atoms with Gasteiger partial charge >= 0.3 is 0 Å². The van der Waals surface area contributed by atoms with Crippen LogP contribution in [0.15, 0.2) is 28.1 Å². The van der Waals surface area contributed by atoms with Gasteiger partial charge in [-0.15, -0.1) is 11.3 Å². The van der Waals surface area contributed by atoms with E-state index < -0.39 is 0 Å². The van der Waals surface area contributed by atoms with Gasteiger partial charge in [0.15, 0.2) is 0 Å². The minimum atomic E-state index is 0.0459. The van der Waals surface area contributed by atoms with E-state index in [1.54, 1.807) is 0 Å². The third-order valence-corrected chi connectivity index (χ3v) is 4.59. The summed E-state index contributed by atoms with van der Waals surface area (Å²) in [5.41, 5.74) is 0.884. The lowest BCUT2D eigenvalue weighted by atomic mass is 10.1. The number of aromatic nitrogens is 1. The molecule has 1 aliphatic rings. The van der Waals surface area contributed by atoms with Crippen LogP contribution in [0.5, 0.6) is 0 Å². The van der Waals surface area contributed by atoms with Gasteiger partial charge < -0.3 is 9.42 Å². The maximum Gasteiger partial charge on any atom is 0.264 e. The summed E-state index contributed by atoms with van der Waals surface area (Å²) in [6, 6.07) is 5.81. The summed E-state index contributed by atoms with van der Waals surface area (Å²) in [6.07, 6.45) is 4.32. The Hall–Kier alpha value is -1.62. The molecule has 20 heavy (non-hydrogen) atoms. The van der Waals surface area contributed by atoms with E-state index in [0.717, 1.165) is 42.1 Å². The minimum absolute atomic E-state index is 0.0459. The van der Waals surface area contributed by atoms with E-state index in [4.69, 9.17) is 4.52 Å². The Bertz CT molecular complexity index is 576. The lowest BCUT2D eigenvalue weighted by Crippen LogP contribution is -2.34. The molecule has 3 heterocycles. The van der Waals surface area contributed by atoms with Crippen molar-refractivity contribution in [2.24, 2.45) is 0 Å². The number of likely N-dealkylation sites (tertiary alicyclic amines) is 1. The molecule has 2 aromatic heterocycles. The standard InChI is InChI=1S/C15H18N2O2S/c1-11-10-12(16-19-11)13-6-3-2-4-8-17(13)15(18)14-7-5-9-20-14/h5,7,9-10,13H,2-4,6,8H2,1H3/t13-/m1/s1. The van der Waals surface area contributed by atoms with Crippen LogP contribution in [-0.4, -0.2) is 22.5 Å². The average Bonchev–Trinajstić information content (AvgIpc) is 3.05. The van der Waals surface area contributed by atoms with Gasteiger partial charge in [-0.25, -0.2) is 0 Å². The van der Waals surface area contributed by atoms with Crippen LogP contribution in [0.3, 0.4) is 0 Å². The summed E-state index contributed by atoms with van der Waals surface area (Å²) in [7, 11) is 0. The second kappa shape index (κ2) is 5.79. The highest BCUT2D eigenvalue weighted by atomic mass is 32.1. The number of hydrogen-bond acceptors (Lipinski definition) is 4. The van der Waals surface area contributed by atoms with E-state index in [0.29, 0.717) is 0 Å². The summed E-state index contributed by atoms with van der Waals surface area (Å²) in [5.74, 6) is 0.917. The molecule has 2 aromatic rings. The highest BCUT2D eigenvalue weighted by Gasteiger charge is 2.29. The number of thiophene rings is 1. The van der Waals surface area contributed by atoms with Crippen LogP contribution in [0.4, 0.5) is 0 Å². The van der Waals surface area contributed by atoms with E-state index in [-0.39, 0.29) is 11.9 Å². The quantitative estimate of drug-likeness (QED) is 0.845. The van der Waals surface area contributed by atoms with Crippen molar-refractivity contribution in [1.29, 1.82) is 0 Å². The van der Waals surface area contributed by atoms with Gasteiger partial charge in [0.25, 0.3) is 5.91 Å².